The fourth-order valence-electron chi connectivity index (χ4n) is 0.878. The zero-order valence-electron chi connectivity index (χ0n) is 10.6. The fraction of sp³-hybridized carbons (Fsp3) is 0.300. The quantitative estimate of drug-likeness (QED) is 0.713. The van der Waals surface area contributed by atoms with Crippen LogP contribution in [-0.4, -0.2) is 34.9 Å². The number of nitrogens with zero attached hydrogens (tertiary/aromatic N) is 4. The lowest BCUT2D eigenvalue weighted by atomic mass is 10.6. The van der Waals surface area contributed by atoms with Crippen LogP contribution < -0.4 is 0 Å². The summed E-state index contributed by atoms with van der Waals surface area (Å²) in [6.45, 7) is 4.25. The van der Waals surface area contributed by atoms with Crippen molar-refractivity contribution in [2.24, 2.45) is 0 Å². The number of rotatable bonds is 0. The Morgan fingerprint density at radius 3 is 1.63 bits per heavy atom. The maximum Gasteiger partial charge on any atom is 0.692 e. The first-order valence-corrected chi connectivity index (χ1v) is 6.55. The Kier molecular flexibility index (Phi) is 9.07. The van der Waals surface area contributed by atoms with E-state index in [2.05, 4.69) is 23.8 Å². The zero-order valence-corrected chi connectivity index (χ0v) is 11.5. The van der Waals surface area contributed by atoms with E-state index in [0.29, 0.717) is 0 Å². The van der Waals surface area contributed by atoms with E-state index in [9.17, 15) is 4.79 Å². The van der Waals surface area contributed by atoms with Gasteiger partial charge >= 0.3 is 14.3 Å². The monoisotopic (exact) mass is 287 g/mol. The summed E-state index contributed by atoms with van der Waals surface area (Å²) >= 11 is 0. The van der Waals surface area contributed by atoms with Crippen LogP contribution in [0, 0.1) is 0 Å². The van der Waals surface area contributed by atoms with Crippen molar-refractivity contribution in [2.75, 3.05) is 0 Å². The van der Waals surface area contributed by atoms with Crippen molar-refractivity contribution in [3.05, 3.63) is 37.4 Å². The lowest BCUT2D eigenvalue weighted by Crippen LogP contribution is -2.15. The highest BCUT2D eigenvalue weighted by Crippen LogP contribution is 1.98. The van der Waals surface area contributed by atoms with Gasteiger partial charge in [-0.15, -0.1) is 9.79 Å². The molecule has 0 aliphatic rings. The summed E-state index contributed by atoms with van der Waals surface area (Å²) in [6.07, 6.45) is 10.4. The maximum atomic E-state index is 11.4. The van der Waals surface area contributed by atoms with Gasteiger partial charge in [0.1, 0.15) is 12.7 Å². The molecule has 19 heavy (non-hydrogen) atoms. The van der Waals surface area contributed by atoms with E-state index in [4.69, 9.17) is 14.4 Å². The summed E-state index contributed by atoms with van der Waals surface area (Å²) < 4.78 is 11.5. The first-order chi connectivity index (χ1) is 9.02. The number of hydrogen-bond acceptors (Lipinski definition) is 4. The Bertz CT molecular complexity index is 429. The van der Waals surface area contributed by atoms with Gasteiger partial charge in [-0.25, -0.2) is 14.8 Å². The van der Waals surface area contributed by atoms with Crippen LogP contribution in [0.3, 0.4) is 0 Å². The van der Waals surface area contributed by atoms with Crippen LogP contribution in [0.5, 0.6) is 0 Å². The van der Waals surface area contributed by atoms with Crippen LogP contribution in [0.25, 0.3) is 0 Å². The minimum absolute atomic E-state index is 0.190. The average molecular weight is 287 g/mol. The molecule has 2 rings (SSSR count). The maximum absolute atomic E-state index is 11.4. The molecule has 0 aliphatic carbocycles. The predicted octanol–water partition coefficient (Wildman–Crippen LogP) is 1.64. The van der Waals surface area contributed by atoms with Crippen molar-refractivity contribution in [3.63, 3.8) is 0 Å². The Labute approximate surface area is 111 Å². The second-order valence-corrected chi connectivity index (χ2v) is 3.69. The molecule has 2 N–H and O–H groups in total. The Balaban J connectivity index is 0.000000393. The van der Waals surface area contributed by atoms with Gasteiger partial charge in [-0.1, -0.05) is 20.3 Å². The molecule has 8 nitrogen and oxygen atoms in total. The van der Waals surface area contributed by atoms with Gasteiger partial charge in [0.05, 0.1) is 0 Å². The first-order valence-electron chi connectivity index (χ1n) is 5.38. The standard InChI is InChI=1S/C7H6N4O.C3H8.HO3P/c12-7(10-3-1-8-5-10)11-4-2-9-6-11;1-3-2;1-4(2)3/h1-6H;3H2,1-2H3;(H-,1,2,3)/p+1. The summed E-state index contributed by atoms with van der Waals surface area (Å²) in [5.41, 5.74) is 0. The van der Waals surface area contributed by atoms with Gasteiger partial charge in [0.15, 0.2) is 0 Å². The second kappa shape index (κ2) is 10.1. The van der Waals surface area contributed by atoms with Crippen LogP contribution in [0.1, 0.15) is 20.3 Å². The minimum Gasteiger partial charge on any atom is -0.257 e. The molecule has 0 bridgehead atoms. The number of aromatic nitrogens is 4. The number of carbonyl (C=O) groups is 1. The van der Waals surface area contributed by atoms with Crippen molar-refractivity contribution in [1.82, 2.24) is 19.1 Å². The van der Waals surface area contributed by atoms with Gasteiger partial charge in [0.2, 0.25) is 0 Å². The van der Waals surface area contributed by atoms with E-state index < -0.39 is 8.25 Å². The van der Waals surface area contributed by atoms with E-state index in [1.807, 2.05) is 0 Å². The third-order valence-electron chi connectivity index (χ3n) is 1.45. The molecule has 0 radical (unpaired) electrons. The minimum atomic E-state index is -2.87. The smallest absolute Gasteiger partial charge is 0.257 e. The van der Waals surface area contributed by atoms with Crippen molar-refractivity contribution < 1.29 is 19.1 Å². The van der Waals surface area contributed by atoms with Crippen LogP contribution >= 0.6 is 8.25 Å². The molecular formula is C10H16N4O4P+. The van der Waals surface area contributed by atoms with Crippen molar-refractivity contribution >= 4 is 14.3 Å². The molecule has 0 atom stereocenters. The van der Waals surface area contributed by atoms with Gasteiger partial charge in [-0.2, -0.15) is 0 Å². The number of hydrogen-bond donors (Lipinski definition) is 2. The Hall–Kier alpha value is -1.89. The molecule has 9 heteroatoms. The van der Waals surface area contributed by atoms with Crippen molar-refractivity contribution in [2.45, 2.75) is 20.3 Å². The molecule has 2 aromatic rings. The van der Waals surface area contributed by atoms with Gasteiger partial charge in [0, 0.05) is 29.4 Å². The topological polar surface area (TPSA) is 110 Å². The summed E-state index contributed by atoms with van der Waals surface area (Å²) in [7, 11) is -2.87. The van der Waals surface area contributed by atoms with E-state index in [0.717, 1.165) is 0 Å². The molecule has 0 aromatic carbocycles. The lowest BCUT2D eigenvalue weighted by Gasteiger charge is -1.98. The average Bonchev–Trinajstić information content (AvgIpc) is 3.02. The van der Waals surface area contributed by atoms with Gasteiger partial charge in [-0.3, -0.25) is 9.13 Å². The SMILES string of the molecule is CCC.O=C(n1ccnc1)n1ccnc1.O=[P+](O)O. The highest BCUT2D eigenvalue weighted by molar-refractivity contribution is 7.30. The predicted molar refractivity (Wildman–Crippen MR) is 68.7 cm³/mol. The highest BCUT2D eigenvalue weighted by atomic mass is 31.1. The van der Waals surface area contributed by atoms with Crippen molar-refractivity contribution in [3.8, 4) is 0 Å². The molecule has 0 fully saturated rings. The summed E-state index contributed by atoms with van der Waals surface area (Å²) in [6, 6.07) is -0.190. The van der Waals surface area contributed by atoms with Crippen LogP contribution in [0.15, 0.2) is 37.4 Å². The van der Waals surface area contributed by atoms with Crippen LogP contribution in [0.4, 0.5) is 4.79 Å². The number of imidazole rings is 2. The third-order valence-corrected chi connectivity index (χ3v) is 1.45. The Morgan fingerprint density at radius 1 is 1.11 bits per heavy atom. The lowest BCUT2D eigenvalue weighted by molar-refractivity contribution is 0.244. The molecule has 2 heterocycles. The summed E-state index contributed by atoms with van der Waals surface area (Å²) in [5, 5.41) is 0. The third kappa shape index (κ3) is 7.93. The van der Waals surface area contributed by atoms with Gasteiger partial charge < -0.3 is 0 Å². The fourth-order valence-corrected chi connectivity index (χ4v) is 0.878. The molecule has 0 amide bonds. The van der Waals surface area contributed by atoms with Crippen LogP contribution in [-0.2, 0) is 4.57 Å². The molecule has 0 aliphatic heterocycles. The van der Waals surface area contributed by atoms with Crippen LogP contribution in [0.2, 0.25) is 0 Å². The highest BCUT2D eigenvalue weighted by Gasteiger charge is 2.03. The Morgan fingerprint density at radius 2 is 1.42 bits per heavy atom. The molecular weight excluding hydrogens is 271 g/mol. The summed E-state index contributed by atoms with van der Waals surface area (Å²) in [4.78, 5) is 33.2. The molecule has 0 saturated heterocycles. The van der Waals surface area contributed by atoms with Gasteiger partial charge in [-0.05, 0) is 0 Å². The van der Waals surface area contributed by atoms with E-state index >= 15 is 0 Å². The molecule has 2 aromatic heterocycles. The summed E-state index contributed by atoms with van der Waals surface area (Å²) in [5.74, 6) is 0. The largest absolute Gasteiger partial charge is 0.692 e. The normalized spacial score (nSPS) is 8.63. The molecule has 0 spiro atoms. The van der Waals surface area contributed by atoms with E-state index in [1.54, 1.807) is 24.8 Å². The molecule has 104 valence electrons. The van der Waals surface area contributed by atoms with Gasteiger partial charge in [0.25, 0.3) is 0 Å². The second-order valence-electron chi connectivity index (χ2n) is 3.18. The van der Waals surface area contributed by atoms with E-state index in [1.165, 1.54) is 28.2 Å². The molecule has 0 saturated carbocycles. The molecule has 0 unspecified atom stereocenters. The zero-order chi connectivity index (χ0) is 14.7. The first kappa shape index (κ1) is 17.1. The number of carbonyl (C=O) groups excluding carboxylic acids is 1. The van der Waals surface area contributed by atoms with E-state index in [-0.39, 0.29) is 6.03 Å². The van der Waals surface area contributed by atoms with Crippen molar-refractivity contribution in [1.29, 1.82) is 0 Å².